The molecule has 0 aliphatic carbocycles. The molecule has 2 unspecified atom stereocenters. The Morgan fingerprint density at radius 2 is 0.864 bits per heavy atom. The third-order valence-corrected chi connectivity index (χ3v) is 4.61. The van der Waals surface area contributed by atoms with E-state index in [9.17, 15) is 10.2 Å². The zero-order valence-corrected chi connectivity index (χ0v) is 14.3. The molecule has 118 valence electrons. The number of aromatic hydroxyl groups is 2. The lowest BCUT2D eigenvalue weighted by Gasteiger charge is -2.19. The van der Waals surface area contributed by atoms with Crippen molar-refractivity contribution in [3.63, 3.8) is 0 Å². The standard InChI is InChI=1S/C14H12Cl4N2O2/c15-7-1-5(21)2-8(16)11(7)13(19)14(20)12-9(17)3-6(22)4-10(12)18/h1-4,13-14,21-22H,19-20H2/p+2. The molecule has 2 rings (SSSR count). The Hall–Kier alpha value is -0.880. The Morgan fingerprint density at radius 1 is 0.636 bits per heavy atom. The summed E-state index contributed by atoms with van der Waals surface area (Å²) < 4.78 is 0. The molecule has 0 saturated carbocycles. The molecular weight excluding hydrogens is 370 g/mol. The quantitative estimate of drug-likeness (QED) is 0.655. The molecule has 4 nitrogen and oxygen atoms in total. The Labute approximate surface area is 147 Å². The van der Waals surface area contributed by atoms with E-state index in [4.69, 9.17) is 46.4 Å². The van der Waals surface area contributed by atoms with Gasteiger partial charge in [0.25, 0.3) is 0 Å². The van der Waals surface area contributed by atoms with Crippen LogP contribution >= 0.6 is 46.4 Å². The molecule has 0 bridgehead atoms. The maximum absolute atomic E-state index is 9.50. The van der Waals surface area contributed by atoms with Crippen LogP contribution in [0.2, 0.25) is 20.1 Å². The average molecular weight is 384 g/mol. The third-order valence-electron chi connectivity index (χ3n) is 3.35. The number of phenols is 2. The molecule has 0 aromatic heterocycles. The van der Waals surface area contributed by atoms with Crippen molar-refractivity contribution in [3.8, 4) is 11.5 Å². The lowest BCUT2D eigenvalue weighted by Crippen LogP contribution is -2.68. The minimum Gasteiger partial charge on any atom is -0.508 e. The van der Waals surface area contributed by atoms with Crippen LogP contribution in [-0.2, 0) is 0 Å². The van der Waals surface area contributed by atoms with E-state index in [-0.39, 0.29) is 31.6 Å². The summed E-state index contributed by atoms with van der Waals surface area (Å²) in [6.45, 7) is 0. The van der Waals surface area contributed by atoms with E-state index in [1.165, 1.54) is 24.3 Å². The lowest BCUT2D eigenvalue weighted by atomic mass is 9.94. The van der Waals surface area contributed by atoms with Crippen LogP contribution in [0.5, 0.6) is 11.5 Å². The number of halogens is 4. The number of benzene rings is 2. The van der Waals surface area contributed by atoms with E-state index in [0.29, 0.717) is 11.1 Å². The number of hydrogen-bond donors (Lipinski definition) is 4. The van der Waals surface area contributed by atoms with Crippen molar-refractivity contribution in [2.24, 2.45) is 0 Å². The molecule has 0 aliphatic rings. The van der Waals surface area contributed by atoms with Crippen LogP contribution in [0, 0.1) is 0 Å². The SMILES string of the molecule is [NH3+]C(c1c(Cl)cc(O)cc1Cl)C([NH3+])c1c(Cl)cc(O)cc1Cl. The van der Waals surface area contributed by atoms with E-state index in [1.54, 1.807) is 0 Å². The molecule has 2 aromatic carbocycles. The second kappa shape index (κ2) is 6.71. The van der Waals surface area contributed by atoms with Crippen LogP contribution in [0.1, 0.15) is 23.2 Å². The Morgan fingerprint density at radius 3 is 1.09 bits per heavy atom. The fourth-order valence-electron chi connectivity index (χ4n) is 2.25. The summed E-state index contributed by atoms with van der Waals surface area (Å²) in [5.74, 6) is -0.0699. The highest BCUT2D eigenvalue weighted by atomic mass is 35.5. The van der Waals surface area contributed by atoms with Gasteiger partial charge in [0, 0.05) is 0 Å². The van der Waals surface area contributed by atoms with Gasteiger partial charge in [-0.2, -0.15) is 0 Å². The molecule has 0 amide bonds. The highest BCUT2D eigenvalue weighted by Gasteiger charge is 2.32. The van der Waals surface area contributed by atoms with Crippen LogP contribution in [-0.4, -0.2) is 10.2 Å². The minimum atomic E-state index is -0.458. The van der Waals surface area contributed by atoms with Crippen molar-refractivity contribution in [2.45, 2.75) is 12.1 Å². The molecule has 0 aliphatic heterocycles. The summed E-state index contributed by atoms with van der Waals surface area (Å²) in [5.41, 5.74) is 9.18. The van der Waals surface area contributed by atoms with Crippen LogP contribution < -0.4 is 11.5 Å². The number of hydrogen-bond acceptors (Lipinski definition) is 2. The van der Waals surface area contributed by atoms with Crippen molar-refractivity contribution in [1.29, 1.82) is 0 Å². The first kappa shape index (κ1) is 17.5. The Balaban J connectivity index is 2.49. The smallest absolute Gasteiger partial charge is 0.170 e. The molecule has 2 aromatic rings. The van der Waals surface area contributed by atoms with Gasteiger partial charge in [-0.05, 0) is 24.3 Å². The first-order valence-electron chi connectivity index (χ1n) is 6.24. The van der Waals surface area contributed by atoms with Gasteiger partial charge in [-0.25, -0.2) is 0 Å². The van der Waals surface area contributed by atoms with E-state index in [1.807, 2.05) is 0 Å². The Bertz CT molecular complexity index is 616. The zero-order valence-electron chi connectivity index (χ0n) is 11.3. The summed E-state index contributed by atoms with van der Waals surface area (Å²) in [6.07, 6.45) is 0. The van der Waals surface area contributed by atoms with E-state index in [0.717, 1.165) is 0 Å². The molecule has 0 spiro atoms. The van der Waals surface area contributed by atoms with Crippen molar-refractivity contribution in [1.82, 2.24) is 0 Å². The molecule has 0 saturated heterocycles. The largest absolute Gasteiger partial charge is 0.508 e. The van der Waals surface area contributed by atoms with Crippen molar-refractivity contribution in [3.05, 3.63) is 55.5 Å². The topological polar surface area (TPSA) is 95.7 Å². The van der Waals surface area contributed by atoms with Crippen molar-refractivity contribution in [2.75, 3.05) is 0 Å². The van der Waals surface area contributed by atoms with Gasteiger partial charge >= 0.3 is 0 Å². The van der Waals surface area contributed by atoms with Crippen LogP contribution in [0.3, 0.4) is 0 Å². The van der Waals surface area contributed by atoms with E-state index >= 15 is 0 Å². The molecule has 0 heterocycles. The molecule has 8 N–H and O–H groups in total. The van der Waals surface area contributed by atoms with Gasteiger partial charge in [0.2, 0.25) is 0 Å². The van der Waals surface area contributed by atoms with Crippen LogP contribution in [0.4, 0.5) is 0 Å². The molecule has 0 radical (unpaired) electrons. The zero-order chi connectivity index (χ0) is 16.6. The Kier molecular flexibility index (Phi) is 5.33. The van der Waals surface area contributed by atoms with Gasteiger partial charge in [0.1, 0.15) is 11.5 Å². The first-order valence-corrected chi connectivity index (χ1v) is 7.75. The molecular formula is C14H14Cl4N2O2+2. The van der Waals surface area contributed by atoms with Gasteiger partial charge in [0.05, 0.1) is 31.2 Å². The lowest BCUT2D eigenvalue weighted by molar-refractivity contribution is -0.540. The monoisotopic (exact) mass is 382 g/mol. The van der Waals surface area contributed by atoms with Crippen LogP contribution in [0.15, 0.2) is 24.3 Å². The predicted octanol–water partition coefficient (Wildman–Crippen LogP) is 2.98. The summed E-state index contributed by atoms with van der Waals surface area (Å²) in [4.78, 5) is 0. The third kappa shape index (κ3) is 3.38. The summed E-state index contributed by atoms with van der Waals surface area (Å²) in [5, 5.41) is 20.1. The normalized spacial score (nSPS) is 13.9. The van der Waals surface area contributed by atoms with Gasteiger partial charge in [-0.1, -0.05) is 46.4 Å². The predicted molar refractivity (Wildman–Crippen MR) is 87.5 cm³/mol. The highest BCUT2D eigenvalue weighted by Crippen LogP contribution is 2.40. The van der Waals surface area contributed by atoms with E-state index < -0.39 is 12.1 Å². The molecule has 2 atom stereocenters. The minimum absolute atomic E-state index is 0.0349. The van der Waals surface area contributed by atoms with Crippen molar-refractivity contribution >= 4 is 46.4 Å². The van der Waals surface area contributed by atoms with Crippen molar-refractivity contribution < 1.29 is 21.7 Å². The van der Waals surface area contributed by atoms with Crippen LogP contribution in [0.25, 0.3) is 0 Å². The second-order valence-corrected chi connectivity index (χ2v) is 6.49. The average Bonchev–Trinajstić information content (AvgIpc) is 2.35. The highest BCUT2D eigenvalue weighted by molar-refractivity contribution is 6.37. The first-order chi connectivity index (χ1) is 10.2. The summed E-state index contributed by atoms with van der Waals surface area (Å²) in [6, 6.07) is 4.61. The molecule has 0 fully saturated rings. The second-order valence-electron chi connectivity index (χ2n) is 4.86. The fourth-order valence-corrected chi connectivity index (χ4v) is 3.76. The molecule has 22 heavy (non-hydrogen) atoms. The van der Waals surface area contributed by atoms with Gasteiger partial charge < -0.3 is 21.7 Å². The summed E-state index contributed by atoms with van der Waals surface area (Å²) in [7, 11) is 0. The maximum atomic E-state index is 9.50. The van der Waals surface area contributed by atoms with Gasteiger partial charge in [-0.15, -0.1) is 0 Å². The number of quaternary nitrogens is 2. The number of rotatable bonds is 3. The van der Waals surface area contributed by atoms with E-state index in [2.05, 4.69) is 11.5 Å². The number of phenolic OH excluding ortho intramolecular Hbond substituents is 2. The maximum Gasteiger partial charge on any atom is 0.170 e. The molecule has 8 heteroatoms. The fraction of sp³-hybridized carbons (Fsp3) is 0.143. The van der Waals surface area contributed by atoms with Gasteiger partial charge in [0.15, 0.2) is 12.1 Å². The van der Waals surface area contributed by atoms with Gasteiger partial charge in [-0.3, -0.25) is 0 Å². The summed E-state index contributed by atoms with van der Waals surface area (Å²) >= 11 is 24.6.